The standard InChI is InChI=1S/C19H19Cl2NO3/c1-12(2)25-17(23)11-16(13-7-4-3-5-8-13)22-19(24)14-9-6-10-15(20)18(14)21/h3-10,12,16H,11H2,1-2H3,(H,22,24). The number of amides is 1. The van der Waals surface area contributed by atoms with Gasteiger partial charge in [-0.1, -0.05) is 59.6 Å². The van der Waals surface area contributed by atoms with E-state index in [-0.39, 0.29) is 29.1 Å². The second kappa shape index (κ2) is 8.88. The molecule has 0 saturated heterocycles. The fourth-order valence-corrected chi connectivity index (χ4v) is 2.72. The van der Waals surface area contributed by atoms with Gasteiger partial charge >= 0.3 is 5.97 Å². The van der Waals surface area contributed by atoms with Gasteiger partial charge in [-0.05, 0) is 31.5 Å². The lowest BCUT2D eigenvalue weighted by Gasteiger charge is -2.20. The second-order valence-corrected chi connectivity index (χ2v) is 6.57. The van der Waals surface area contributed by atoms with E-state index >= 15 is 0 Å². The first kappa shape index (κ1) is 19.3. The van der Waals surface area contributed by atoms with Gasteiger partial charge in [-0.3, -0.25) is 9.59 Å². The Morgan fingerprint density at radius 1 is 1.04 bits per heavy atom. The number of rotatable bonds is 6. The minimum Gasteiger partial charge on any atom is -0.463 e. The summed E-state index contributed by atoms with van der Waals surface area (Å²) in [5.41, 5.74) is 1.06. The minimum absolute atomic E-state index is 0.0200. The molecule has 0 aromatic heterocycles. The molecule has 1 N–H and O–H groups in total. The highest BCUT2D eigenvalue weighted by Crippen LogP contribution is 2.26. The first-order valence-corrected chi connectivity index (χ1v) is 8.63. The maximum atomic E-state index is 12.6. The summed E-state index contributed by atoms with van der Waals surface area (Å²) >= 11 is 12.1. The lowest BCUT2D eigenvalue weighted by Crippen LogP contribution is -2.31. The van der Waals surface area contributed by atoms with Crippen LogP contribution in [0.2, 0.25) is 10.0 Å². The maximum absolute atomic E-state index is 12.6. The van der Waals surface area contributed by atoms with Gasteiger partial charge in [0.15, 0.2) is 0 Å². The number of hydrogen-bond acceptors (Lipinski definition) is 3. The van der Waals surface area contributed by atoms with E-state index in [1.807, 2.05) is 30.3 Å². The molecule has 0 radical (unpaired) electrons. The lowest BCUT2D eigenvalue weighted by atomic mass is 10.0. The van der Waals surface area contributed by atoms with Gasteiger partial charge in [-0.15, -0.1) is 0 Å². The second-order valence-electron chi connectivity index (χ2n) is 5.78. The predicted molar refractivity (Wildman–Crippen MR) is 99.0 cm³/mol. The molecule has 0 heterocycles. The van der Waals surface area contributed by atoms with Gasteiger partial charge in [0.05, 0.1) is 34.2 Å². The van der Waals surface area contributed by atoms with E-state index in [0.29, 0.717) is 5.02 Å². The number of halogens is 2. The zero-order valence-corrected chi connectivity index (χ0v) is 15.5. The normalized spacial score (nSPS) is 11.9. The Morgan fingerprint density at radius 3 is 2.36 bits per heavy atom. The van der Waals surface area contributed by atoms with Crippen molar-refractivity contribution in [2.24, 2.45) is 0 Å². The predicted octanol–water partition coefficient (Wildman–Crippen LogP) is 4.81. The molecule has 132 valence electrons. The van der Waals surface area contributed by atoms with Crippen LogP contribution in [-0.4, -0.2) is 18.0 Å². The molecule has 4 nitrogen and oxygen atoms in total. The van der Waals surface area contributed by atoms with Crippen molar-refractivity contribution >= 4 is 35.1 Å². The summed E-state index contributed by atoms with van der Waals surface area (Å²) < 4.78 is 5.19. The van der Waals surface area contributed by atoms with Gasteiger partial charge in [-0.25, -0.2) is 0 Å². The van der Waals surface area contributed by atoms with Crippen LogP contribution >= 0.6 is 23.2 Å². The summed E-state index contributed by atoms with van der Waals surface area (Å²) in [5, 5.41) is 3.31. The van der Waals surface area contributed by atoms with E-state index < -0.39 is 11.9 Å². The molecule has 2 rings (SSSR count). The molecule has 2 aromatic rings. The van der Waals surface area contributed by atoms with E-state index in [1.54, 1.807) is 32.0 Å². The first-order chi connectivity index (χ1) is 11.9. The zero-order valence-electron chi connectivity index (χ0n) is 14.0. The summed E-state index contributed by atoms with van der Waals surface area (Å²) in [7, 11) is 0. The average molecular weight is 380 g/mol. The summed E-state index contributed by atoms with van der Waals surface area (Å²) in [5.74, 6) is -0.792. The van der Waals surface area contributed by atoms with E-state index in [4.69, 9.17) is 27.9 Å². The number of carbonyl (C=O) groups is 2. The molecule has 0 fully saturated rings. The van der Waals surface area contributed by atoms with Gasteiger partial charge in [0.1, 0.15) is 0 Å². The third-order valence-corrected chi connectivity index (χ3v) is 4.26. The molecule has 0 aliphatic heterocycles. The number of esters is 1. The van der Waals surface area contributed by atoms with Gasteiger partial charge < -0.3 is 10.1 Å². The van der Waals surface area contributed by atoms with Crippen LogP contribution in [-0.2, 0) is 9.53 Å². The van der Waals surface area contributed by atoms with Crippen molar-refractivity contribution in [3.63, 3.8) is 0 Å². The lowest BCUT2D eigenvalue weighted by molar-refractivity contribution is -0.147. The minimum atomic E-state index is -0.532. The van der Waals surface area contributed by atoms with Crippen LogP contribution in [0, 0.1) is 0 Å². The third-order valence-electron chi connectivity index (χ3n) is 3.44. The highest BCUT2D eigenvalue weighted by molar-refractivity contribution is 6.43. The molecule has 1 atom stereocenters. The van der Waals surface area contributed by atoms with Crippen LogP contribution < -0.4 is 5.32 Å². The Bertz CT molecular complexity index is 748. The van der Waals surface area contributed by atoms with E-state index in [2.05, 4.69) is 5.32 Å². The Kier molecular flexibility index (Phi) is 6.85. The van der Waals surface area contributed by atoms with Crippen LogP contribution in [0.25, 0.3) is 0 Å². The summed E-state index contributed by atoms with van der Waals surface area (Å²) in [6.45, 7) is 3.56. The average Bonchev–Trinajstić information content (AvgIpc) is 2.56. The van der Waals surface area contributed by atoms with Crippen LogP contribution in [0.5, 0.6) is 0 Å². The number of nitrogens with one attached hydrogen (secondary N) is 1. The fourth-order valence-electron chi connectivity index (χ4n) is 2.33. The van der Waals surface area contributed by atoms with Crippen molar-refractivity contribution in [2.75, 3.05) is 0 Å². The molecule has 1 amide bonds. The third kappa shape index (κ3) is 5.48. The van der Waals surface area contributed by atoms with E-state index in [9.17, 15) is 9.59 Å². The number of benzene rings is 2. The highest BCUT2D eigenvalue weighted by atomic mass is 35.5. The molecular formula is C19H19Cl2NO3. The van der Waals surface area contributed by atoms with Crippen molar-refractivity contribution in [1.29, 1.82) is 0 Å². The quantitative estimate of drug-likeness (QED) is 0.732. The molecule has 0 aliphatic rings. The van der Waals surface area contributed by atoms with E-state index in [1.165, 1.54) is 0 Å². The Hall–Kier alpha value is -2.04. The topological polar surface area (TPSA) is 55.4 Å². The van der Waals surface area contributed by atoms with Crippen molar-refractivity contribution < 1.29 is 14.3 Å². The summed E-state index contributed by atoms with van der Waals surface area (Å²) in [4.78, 5) is 24.7. The first-order valence-electron chi connectivity index (χ1n) is 7.87. The molecule has 2 aromatic carbocycles. The molecule has 6 heteroatoms. The monoisotopic (exact) mass is 379 g/mol. The molecular weight excluding hydrogens is 361 g/mol. The van der Waals surface area contributed by atoms with Crippen LogP contribution in [0.1, 0.15) is 42.2 Å². The van der Waals surface area contributed by atoms with E-state index in [0.717, 1.165) is 5.56 Å². The van der Waals surface area contributed by atoms with Crippen molar-refractivity contribution in [3.8, 4) is 0 Å². The number of ether oxygens (including phenoxy) is 1. The Balaban J connectivity index is 2.22. The zero-order chi connectivity index (χ0) is 18.4. The molecule has 1 unspecified atom stereocenters. The Labute approximate surface area is 157 Å². The fraction of sp³-hybridized carbons (Fsp3) is 0.263. The van der Waals surface area contributed by atoms with Crippen molar-refractivity contribution in [3.05, 3.63) is 69.7 Å². The van der Waals surface area contributed by atoms with Gasteiger partial charge in [0.2, 0.25) is 0 Å². The maximum Gasteiger partial charge on any atom is 0.308 e. The highest BCUT2D eigenvalue weighted by Gasteiger charge is 2.22. The summed E-state index contributed by atoms with van der Waals surface area (Å²) in [6, 6.07) is 13.5. The van der Waals surface area contributed by atoms with Crippen molar-refractivity contribution in [1.82, 2.24) is 5.32 Å². The Morgan fingerprint density at radius 2 is 1.72 bits per heavy atom. The van der Waals surface area contributed by atoms with Crippen LogP contribution in [0.15, 0.2) is 48.5 Å². The molecule has 0 bridgehead atoms. The van der Waals surface area contributed by atoms with Gasteiger partial charge in [-0.2, -0.15) is 0 Å². The van der Waals surface area contributed by atoms with Crippen LogP contribution in [0.4, 0.5) is 0 Å². The summed E-state index contributed by atoms with van der Waals surface area (Å²) in [6.07, 6.45) is -0.200. The van der Waals surface area contributed by atoms with Gasteiger partial charge in [0.25, 0.3) is 5.91 Å². The smallest absolute Gasteiger partial charge is 0.308 e. The number of carbonyl (C=O) groups excluding carboxylic acids is 2. The SMILES string of the molecule is CC(C)OC(=O)CC(NC(=O)c1cccc(Cl)c1Cl)c1ccccc1. The molecule has 0 saturated carbocycles. The molecule has 25 heavy (non-hydrogen) atoms. The van der Waals surface area contributed by atoms with Crippen LogP contribution in [0.3, 0.4) is 0 Å². The largest absolute Gasteiger partial charge is 0.463 e. The molecule has 0 aliphatic carbocycles. The van der Waals surface area contributed by atoms with Crippen molar-refractivity contribution in [2.45, 2.75) is 32.4 Å². The number of hydrogen-bond donors (Lipinski definition) is 1. The molecule has 0 spiro atoms. The van der Waals surface area contributed by atoms with Gasteiger partial charge in [0, 0.05) is 0 Å².